The van der Waals surface area contributed by atoms with Crippen LogP contribution in [0.4, 0.5) is 5.82 Å². The highest BCUT2D eigenvalue weighted by molar-refractivity contribution is 7.99. The molecule has 22 heavy (non-hydrogen) atoms. The Morgan fingerprint density at radius 1 is 1.45 bits per heavy atom. The van der Waals surface area contributed by atoms with Crippen LogP contribution in [0.3, 0.4) is 0 Å². The normalized spacial score (nSPS) is 11.7. The zero-order chi connectivity index (χ0) is 16.3. The number of anilines is 1. The molecule has 0 aliphatic rings. The van der Waals surface area contributed by atoms with Gasteiger partial charge in [-0.05, 0) is 6.92 Å². The number of rotatable bonds is 5. The first-order valence-electron chi connectivity index (χ1n) is 7.09. The lowest BCUT2D eigenvalue weighted by Gasteiger charge is -2.13. The Labute approximate surface area is 139 Å². The van der Waals surface area contributed by atoms with Crippen molar-refractivity contribution in [3.8, 4) is 0 Å². The van der Waals surface area contributed by atoms with E-state index in [0.717, 1.165) is 28.0 Å². The molecular formula is C15H22N4OS2. The van der Waals surface area contributed by atoms with Gasteiger partial charge in [-0.3, -0.25) is 9.48 Å². The summed E-state index contributed by atoms with van der Waals surface area (Å²) in [4.78, 5) is 16.6. The third-order valence-electron chi connectivity index (χ3n) is 2.95. The van der Waals surface area contributed by atoms with Gasteiger partial charge in [0.1, 0.15) is 5.82 Å². The number of nitrogens with one attached hydrogen (secondary N) is 1. The summed E-state index contributed by atoms with van der Waals surface area (Å²) in [6.45, 7) is 8.38. The topological polar surface area (TPSA) is 59.8 Å². The number of hydrogen-bond acceptors (Lipinski definition) is 5. The maximum atomic E-state index is 11.9. The predicted octanol–water partition coefficient (Wildman–Crippen LogP) is 3.35. The van der Waals surface area contributed by atoms with Crippen LogP contribution < -0.4 is 5.32 Å². The highest BCUT2D eigenvalue weighted by Gasteiger charge is 2.18. The molecule has 2 aromatic rings. The Morgan fingerprint density at radius 3 is 2.73 bits per heavy atom. The summed E-state index contributed by atoms with van der Waals surface area (Å²) in [5, 5.41) is 10.3. The number of aryl methyl sites for hydroxylation is 2. The van der Waals surface area contributed by atoms with Crippen molar-refractivity contribution in [2.75, 3.05) is 11.1 Å². The highest BCUT2D eigenvalue weighted by Crippen LogP contribution is 2.26. The van der Waals surface area contributed by atoms with Gasteiger partial charge in [0, 0.05) is 29.7 Å². The molecule has 2 aromatic heterocycles. The quantitative estimate of drug-likeness (QED) is 0.908. The first kappa shape index (κ1) is 17.0. The standard InChI is InChI=1S/C15H22N4OS2/c1-10-6-12(19(5)18-10)17-13(20)9-21-7-11-8-22-14(16-11)15(2,3)4/h6,8H,7,9H2,1-5H3,(H,17,20). The van der Waals surface area contributed by atoms with E-state index in [4.69, 9.17) is 0 Å². The van der Waals surface area contributed by atoms with Crippen LogP contribution in [0.2, 0.25) is 0 Å². The molecule has 0 atom stereocenters. The van der Waals surface area contributed by atoms with Crippen molar-refractivity contribution in [3.63, 3.8) is 0 Å². The number of aromatic nitrogens is 3. The van der Waals surface area contributed by atoms with Crippen LogP contribution in [0.1, 0.15) is 37.2 Å². The Morgan fingerprint density at radius 2 is 2.18 bits per heavy atom. The molecular weight excluding hydrogens is 316 g/mol. The first-order chi connectivity index (χ1) is 10.3. The van der Waals surface area contributed by atoms with Gasteiger partial charge in [-0.1, -0.05) is 20.8 Å². The van der Waals surface area contributed by atoms with E-state index in [2.05, 4.69) is 41.6 Å². The molecule has 0 saturated heterocycles. The minimum atomic E-state index is -0.0146. The van der Waals surface area contributed by atoms with Gasteiger partial charge in [0.2, 0.25) is 5.91 Å². The number of hydrogen-bond donors (Lipinski definition) is 1. The zero-order valence-corrected chi connectivity index (χ0v) is 15.3. The molecule has 7 heteroatoms. The number of carbonyl (C=O) groups is 1. The van der Waals surface area contributed by atoms with E-state index >= 15 is 0 Å². The molecule has 0 bridgehead atoms. The van der Waals surface area contributed by atoms with Gasteiger partial charge >= 0.3 is 0 Å². The Bertz CT molecular complexity index is 655. The number of amides is 1. The molecule has 1 amide bonds. The fourth-order valence-corrected chi connectivity index (χ4v) is 3.60. The number of thioether (sulfide) groups is 1. The van der Waals surface area contributed by atoms with E-state index < -0.39 is 0 Å². The second-order valence-corrected chi connectivity index (χ2v) is 8.07. The SMILES string of the molecule is Cc1cc(NC(=O)CSCc2csc(C(C)(C)C)n2)n(C)n1. The molecule has 0 aliphatic carbocycles. The van der Waals surface area contributed by atoms with E-state index in [-0.39, 0.29) is 11.3 Å². The number of thiazole rings is 1. The Balaban J connectivity index is 1.80. The molecule has 0 saturated carbocycles. The third kappa shape index (κ3) is 4.58. The van der Waals surface area contributed by atoms with Crippen LogP contribution in [0, 0.1) is 6.92 Å². The van der Waals surface area contributed by atoms with Gasteiger partial charge in [-0.25, -0.2) is 4.98 Å². The van der Waals surface area contributed by atoms with Crippen molar-refractivity contribution in [1.82, 2.24) is 14.8 Å². The summed E-state index contributed by atoms with van der Waals surface area (Å²) in [7, 11) is 1.82. The van der Waals surface area contributed by atoms with Crippen molar-refractivity contribution in [1.29, 1.82) is 0 Å². The summed E-state index contributed by atoms with van der Waals surface area (Å²) >= 11 is 3.26. The fourth-order valence-electron chi connectivity index (χ4n) is 1.87. The van der Waals surface area contributed by atoms with E-state index in [1.165, 1.54) is 0 Å². The van der Waals surface area contributed by atoms with Crippen LogP contribution >= 0.6 is 23.1 Å². The number of carbonyl (C=O) groups excluding carboxylic acids is 1. The van der Waals surface area contributed by atoms with Crippen LogP contribution in [-0.4, -0.2) is 26.4 Å². The Hall–Kier alpha value is -1.34. The summed E-state index contributed by atoms with van der Waals surface area (Å²) in [5.41, 5.74) is 2.02. The Kier molecular flexibility index (Phi) is 5.28. The molecule has 0 aromatic carbocycles. The molecule has 0 aliphatic heterocycles. The lowest BCUT2D eigenvalue weighted by atomic mass is 9.98. The molecule has 0 unspecified atom stereocenters. The smallest absolute Gasteiger partial charge is 0.235 e. The minimum Gasteiger partial charge on any atom is -0.310 e. The monoisotopic (exact) mass is 338 g/mol. The van der Waals surface area contributed by atoms with E-state index in [9.17, 15) is 4.79 Å². The average Bonchev–Trinajstić information content (AvgIpc) is 2.97. The average molecular weight is 339 g/mol. The van der Waals surface area contributed by atoms with Gasteiger partial charge in [0.15, 0.2) is 0 Å². The maximum Gasteiger partial charge on any atom is 0.235 e. The summed E-state index contributed by atoms with van der Waals surface area (Å²) < 4.78 is 1.67. The van der Waals surface area contributed by atoms with Crippen molar-refractivity contribution >= 4 is 34.8 Å². The first-order valence-corrected chi connectivity index (χ1v) is 9.12. The van der Waals surface area contributed by atoms with Crippen molar-refractivity contribution in [3.05, 3.63) is 27.8 Å². The van der Waals surface area contributed by atoms with Gasteiger partial charge in [0.05, 0.1) is 22.1 Å². The molecule has 120 valence electrons. The minimum absolute atomic E-state index is 0.0146. The molecule has 0 radical (unpaired) electrons. The van der Waals surface area contributed by atoms with Crippen molar-refractivity contribution in [2.24, 2.45) is 7.05 Å². The molecule has 1 N–H and O–H groups in total. The van der Waals surface area contributed by atoms with Crippen molar-refractivity contribution < 1.29 is 4.79 Å². The fraction of sp³-hybridized carbons (Fsp3) is 0.533. The highest BCUT2D eigenvalue weighted by atomic mass is 32.2. The molecule has 5 nitrogen and oxygen atoms in total. The second kappa shape index (κ2) is 6.83. The molecule has 0 fully saturated rings. The molecule has 2 heterocycles. The van der Waals surface area contributed by atoms with Gasteiger partial charge in [-0.15, -0.1) is 23.1 Å². The molecule has 0 spiro atoms. The largest absolute Gasteiger partial charge is 0.310 e. The van der Waals surface area contributed by atoms with Gasteiger partial charge in [0.25, 0.3) is 0 Å². The number of nitrogens with zero attached hydrogens (tertiary/aromatic N) is 3. The summed E-state index contributed by atoms with van der Waals surface area (Å²) in [5.74, 6) is 1.88. The van der Waals surface area contributed by atoms with E-state index in [0.29, 0.717) is 5.75 Å². The second-order valence-electron chi connectivity index (χ2n) is 6.23. The summed E-state index contributed by atoms with van der Waals surface area (Å²) in [6, 6.07) is 1.86. The van der Waals surface area contributed by atoms with E-state index in [1.54, 1.807) is 27.8 Å². The zero-order valence-electron chi connectivity index (χ0n) is 13.6. The van der Waals surface area contributed by atoms with Crippen molar-refractivity contribution in [2.45, 2.75) is 38.9 Å². The van der Waals surface area contributed by atoms with Crippen LogP contribution in [-0.2, 0) is 23.0 Å². The maximum absolute atomic E-state index is 11.9. The predicted molar refractivity (Wildman–Crippen MR) is 93.6 cm³/mol. The summed E-state index contributed by atoms with van der Waals surface area (Å²) in [6.07, 6.45) is 0. The third-order valence-corrected chi connectivity index (χ3v) is 5.23. The van der Waals surface area contributed by atoms with E-state index in [1.807, 2.05) is 20.0 Å². The van der Waals surface area contributed by atoms with Crippen LogP contribution in [0.25, 0.3) is 0 Å². The van der Waals surface area contributed by atoms with Crippen LogP contribution in [0.15, 0.2) is 11.4 Å². The van der Waals surface area contributed by atoms with Crippen LogP contribution in [0.5, 0.6) is 0 Å². The van der Waals surface area contributed by atoms with Gasteiger partial charge < -0.3 is 5.32 Å². The lowest BCUT2D eigenvalue weighted by molar-refractivity contribution is -0.113. The lowest BCUT2D eigenvalue weighted by Crippen LogP contribution is -2.16. The molecule has 2 rings (SSSR count). The van der Waals surface area contributed by atoms with Gasteiger partial charge in [-0.2, -0.15) is 5.10 Å².